The van der Waals surface area contributed by atoms with Gasteiger partial charge in [0.2, 0.25) is 0 Å². The van der Waals surface area contributed by atoms with Crippen molar-refractivity contribution in [2.45, 2.75) is 33.2 Å². The fourth-order valence-corrected chi connectivity index (χ4v) is 2.72. The highest BCUT2D eigenvalue weighted by atomic mass is 79.9. The summed E-state index contributed by atoms with van der Waals surface area (Å²) in [6, 6.07) is 8.60. The molecule has 0 amide bonds. The molecule has 0 aliphatic heterocycles. The highest BCUT2D eigenvalue weighted by Gasteiger charge is 2.20. The first-order valence-electron chi connectivity index (χ1n) is 6.67. The first kappa shape index (κ1) is 14.4. The molecular weight excluding hydrogens is 302 g/mol. The van der Waals surface area contributed by atoms with Crippen molar-refractivity contribution in [1.82, 2.24) is 5.32 Å². The van der Waals surface area contributed by atoms with Crippen LogP contribution in [0.2, 0.25) is 0 Å². The van der Waals surface area contributed by atoms with Gasteiger partial charge in [-0.2, -0.15) is 0 Å². The minimum atomic E-state index is 0.102. The Kier molecular flexibility index (Phi) is 4.83. The van der Waals surface area contributed by atoms with Gasteiger partial charge in [-0.15, -0.1) is 0 Å². The Hall–Kier alpha value is -1.06. The number of aryl methyl sites for hydroxylation is 2. The lowest BCUT2D eigenvalue weighted by molar-refractivity contribution is 0.443. The first-order chi connectivity index (χ1) is 9.13. The van der Waals surface area contributed by atoms with Crippen LogP contribution in [0.5, 0.6) is 0 Å². The average Bonchev–Trinajstić information content (AvgIpc) is 2.78. The number of hydrogen-bond acceptors (Lipinski definition) is 2. The van der Waals surface area contributed by atoms with E-state index in [1.54, 1.807) is 6.26 Å². The predicted molar refractivity (Wildman–Crippen MR) is 82.5 cm³/mol. The smallest absolute Gasteiger partial charge is 0.139 e. The van der Waals surface area contributed by atoms with Gasteiger partial charge in [0, 0.05) is 0 Å². The molecular formula is C16H20BrNO. The van der Waals surface area contributed by atoms with E-state index in [9.17, 15) is 0 Å². The van der Waals surface area contributed by atoms with Crippen LogP contribution in [-0.4, -0.2) is 6.54 Å². The van der Waals surface area contributed by atoms with Crippen molar-refractivity contribution in [2.24, 2.45) is 0 Å². The molecule has 2 aromatic rings. The molecule has 0 aliphatic rings. The van der Waals surface area contributed by atoms with Crippen molar-refractivity contribution in [1.29, 1.82) is 0 Å². The lowest BCUT2D eigenvalue weighted by Gasteiger charge is -2.20. The van der Waals surface area contributed by atoms with Crippen LogP contribution in [0.25, 0.3) is 0 Å². The molecule has 1 aromatic heterocycles. The average molecular weight is 322 g/mol. The molecule has 0 fully saturated rings. The molecule has 1 aromatic carbocycles. The van der Waals surface area contributed by atoms with Gasteiger partial charge in [-0.1, -0.05) is 30.7 Å². The maximum atomic E-state index is 5.65. The lowest BCUT2D eigenvalue weighted by Crippen LogP contribution is -2.23. The molecule has 0 saturated heterocycles. The topological polar surface area (TPSA) is 25.2 Å². The summed E-state index contributed by atoms with van der Waals surface area (Å²) in [5.41, 5.74) is 3.85. The van der Waals surface area contributed by atoms with Crippen LogP contribution in [0, 0.1) is 13.8 Å². The van der Waals surface area contributed by atoms with Gasteiger partial charge >= 0.3 is 0 Å². The Labute approximate surface area is 123 Å². The predicted octanol–water partition coefficient (Wildman–Crippen LogP) is 4.75. The van der Waals surface area contributed by atoms with E-state index in [4.69, 9.17) is 4.42 Å². The van der Waals surface area contributed by atoms with Gasteiger partial charge in [0.15, 0.2) is 0 Å². The van der Waals surface area contributed by atoms with Gasteiger partial charge in [-0.25, -0.2) is 0 Å². The molecule has 102 valence electrons. The van der Waals surface area contributed by atoms with Crippen molar-refractivity contribution in [3.05, 3.63) is 57.5 Å². The van der Waals surface area contributed by atoms with Gasteiger partial charge in [0.05, 0.1) is 16.8 Å². The van der Waals surface area contributed by atoms with Gasteiger partial charge in [0.25, 0.3) is 0 Å². The van der Waals surface area contributed by atoms with E-state index >= 15 is 0 Å². The van der Waals surface area contributed by atoms with Gasteiger partial charge in [-0.05, 0) is 59.9 Å². The molecule has 0 bridgehead atoms. The number of furan rings is 1. The summed E-state index contributed by atoms with van der Waals surface area (Å²) < 4.78 is 6.67. The quantitative estimate of drug-likeness (QED) is 0.859. The van der Waals surface area contributed by atoms with Crippen molar-refractivity contribution in [2.75, 3.05) is 6.54 Å². The summed E-state index contributed by atoms with van der Waals surface area (Å²) in [4.78, 5) is 0. The van der Waals surface area contributed by atoms with E-state index in [2.05, 4.69) is 60.2 Å². The van der Waals surface area contributed by atoms with Gasteiger partial charge in [-0.3, -0.25) is 0 Å². The zero-order valence-corrected chi connectivity index (χ0v) is 13.3. The molecule has 1 unspecified atom stereocenters. The second kappa shape index (κ2) is 6.40. The molecule has 0 radical (unpaired) electrons. The summed E-state index contributed by atoms with van der Waals surface area (Å²) in [5.74, 6) is 0.945. The molecule has 2 nitrogen and oxygen atoms in total. The highest BCUT2D eigenvalue weighted by Crippen LogP contribution is 2.31. The Morgan fingerprint density at radius 3 is 2.63 bits per heavy atom. The first-order valence-corrected chi connectivity index (χ1v) is 7.46. The van der Waals surface area contributed by atoms with Crippen LogP contribution in [0.3, 0.4) is 0 Å². The maximum absolute atomic E-state index is 5.65. The fraction of sp³-hybridized carbons (Fsp3) is 0.375. The van der Waals surface area contributed by atoms with Crippen LogP contribution < -0.4 is 5.32 Å². The van der Waals surface area contributed by atoms with Crippen LogP contribution in [0.4, 0.5) is 0 Å². The Bertz CT molecular complexity index is 547. The van der Waals surface area contributed by atoms with Gasteiger partial charge in [0.1, 0.15) is 5.76 Å². The molecule has 19 heavy (non-hydrogen) atoms. The second-order valence-electron chi connectivity index (χ2n) is 4.88. The number of hydrogen-bond donors (Lipinski definition) is 1. The number of benzene rings is 1. The third kappa shape index (κ3) is 3.28. The molecule has 1 N–H and O–H groups in total. The second-order valence-corrected chi connectivity index (χ2v) is 5.73. The van der Waals surface area contributed by atoms with Crippen molar-refractivity contribution in [3.63, 3.8) is 0 Å². The van der Waals surface area contributed by atoms with Crippen molar-refractivity contribution >= 4 is 15.9 Å². The van der Waals surface area contributed by atoms with E-state index in [-0.39, 0.29) is 6.04 Å². The third-order valence-electron chi connectivity index (χ3n) is 3.24. The summed E-state index contributed by atoms with van der Waals surface area (Å²) in [7, 11) is 0. The van der Waals surface area contributed by atoms with Crippen LogP contribution in [0.15, 0.2) is 39.4 Å². The van der Waals surface area contributed by atoms with Crippen LogP contribution in [0.1, 0.15) is 41.8 Å². The monoisotopic (exact) mass is 321 g/mol. The molecule has 0 aliphatic carbocycles. The zero-order chi connectivity index (χ0) is 13.8. The summed E-state index contributed by atoms with van der Waals surface area (Å²) >= 11 is 3.56. The summed E-state index contributed by atoms with van der Waals surface area (Å²) in [5, 5.41) is 3.57. The largest absolute Gasteiger partial charge is 0.466 e. The number of rotatable bonds is 5. The molecule has 3 heteroatoms. The summed E-state index contributed by atoms with van der Waals surface area (Å²) in [6.07, 6.45) is 2.82. The van der Waals surface area contributed by atoms with E-state index in [1.165, 1.54) is 16.7 Å². The maximum Gasteiger partial charge on any atom is 0.139 e. The molecule has 0 saturated carbocycles. The van der Waals surface area contributed by atoms with Crippen LogP contribution >= 0.6 is 15.9 Å². The van der Waals surface area contributed by atoms with Crippen molar-refractivity contribution < 1.29 is 4.42 Å². The van der Waals surface area contributed by atoms with Crippen LogP contribution in [-0.2, 0) is 0 Å². The summed E-state index contributed by atoms with van der Waals surface area (Å²) in [6.45, 7) is 7.40. The number of halogens is 1. The SMILES string of the molecule is CCCNC(c1ccc(C)cc1C)c1occc1Br. The molecule has 2 rings (SSSR count). The number of nitrogens with one attached hydrogen (secondary N) is 1. The van der Waals surface area contributed by atoms with Gasteiger partial charge < -0.3 is 9.73 Å². The Balaban J connectivity index is 2.40. The standard InChI is InChI=1S/C16H20BrNO/c1-4-8-18-15(16-14(17)7-9-19-16)13-6-5-11(2)10-12(13)3/h5-7,9-10,15,18H,4,8H2,1-3H3. The van der Waals surface area contributed by atoms with Crippen molar-refractivity contribution in [3.8, 4) is 0 Å². The fourth-order valence-electron chi connectivity index (χ4n) is 2.29. The van der Waals surface area contributed by atoms with E-state index in [0.717, 1.165) is 23.2 Å². The minimum absolute atomic E-state index is 0.102. The Morgan fingerprint density at radius 1 is 1.26 bits per heavy atom. The Morgan fingerprint density at radius 2 is 2.05 bits per heavy atom. The van der Waals surface area contributed by atoms with E-state index in [1.807, 2.05) is 6.07 Å². The van der Waals surface area contributed by atoms with E-state index in [0.29, 0.717) is 0 Å². The lowest BCUT2D eigenvalue weighted by atomic mass is 9.97. The molecule has 0 spiro atoms. The zero-order valence-electron chi connectivity index (χ0n) is 11.7. The molecule has 1 atom stereocenters. The highest BCUT2D eigenvalue weighted by molar-refractivity contribution is 9.10. The minimum Gasteiger partial charge on any atom is -0.466 e. The third-order valence-corrected chi connectivity index (χ3v) is 3.90. The van der Waals surface area contributed by atoms with E-state index < -0.39 is 0 Å². The normalized spacial score (nSPS) is 12.6. The molecule has 1 heterocycles.